The lowest BCUT2D eigenvalue weighted by Gasteiger charge is -2.05. The highest BCUT2D eigenvalue weighted by molar-refractivity contribution is 5.83. The third kappa shape index (κ3) is 2.58. The molecule has 13 heavy (non-hydrogen) atoms. The molecule has 70 valence electrons. The lowest BCUT2D eigenvalue weighted by molar-refractivity contribution is 0.317. The van der Waals surface area contributed by atoms with Crippen LogP contribution in [0.2, 0.25) is 0 Å². The molecule has 0 aliphatic rings. The van der Waals surface area contributed by atoms with E-state index in [-0.39, 0.29) is 0 Å². The van der Waals surface area contributed by atoms with Gasteiger partial charge >= 0.3 is 0 Å². The van der Waals surface area contributed by atoms with E-state index in [1.54, 1.807) is 0 Å². The molecule has 0 fully saturated rings. The van der Waals surface area contributed by atoms with Crippen LogP contribution in [0.4, 0.5) is 0 Å². The fraction of sp³-hybridized carbons (Fsp3) is 0.364. The normalized spacial score (nSPS) is 11.8. The number of nitrogens with zero attached hydrogens (tertiary/aromatic N) is 1. The second kappa shape index (κ2) is 4.08. The Kier molecular flexibility index (Phi) is 3.07. The highest BCUT2D eigenvalue weighted by atomic mass is 16.4. The molecular weight excluding hydrogens is 162 g/mol. The predicted octanol–water partition coefficient (Wildman–Crippen LogP) is 2.70. The minimum atomic E-state index is 0.725. The van der Waals surface area contributed by atoms with Gasteiger partial charge in [-0.15, -0.1) is 0 Å². The van der Waals surface area contributed by atoms with Crippen LogP contribution in [0, 0.1) is 13.8 Å². The fourth-order valence-corrected chi connectivity index (χ4v) is 1.36. The van der Waals surface area contributed by atoms with E-state index in [4.69, 9.17) is 5.21 Å². The van der Waals surface area contributed by atoms with Crippen LogP contribution in [0.15, 0.2) is 23.4 Å². The summed E-state index contributed by atoms with van der Waals surface area (Å²) in [5.74, 6) is 0. The van der Waals surface area contributed by atoms with Gasteiger partial charge in [-0.25, -0.2) is 0 Å². The van der Waals surface area contributed by atoms with E-state index >= 15 is 0 Å². The molecule has 0 atom stereocenters. The van der Waals surface area contributed by atoms with Gasteiger partial charge in [-0.2, -0.15) is 0 Å². The van der Waals surface area contributed by atoms with Gasteiger partial charge in [-0.3, -0.25) is 0 Å². The molecule has 0 bridgehead atoms. The van der Waals surface area contributed by atoms with Crippen molar-refractivity contribution in [3.05, 3.63) is 34.9 Å². The molecule has 1 N–H and O–H groups in total. The molecule has 1 aromatic rings. The second-order valence-electron chi connectivity index (χ2n) is 3.44. The van der Waals surface area contributed by atoms with Gasteiger partial charge < -0.3 is 5.21 Å². The van der Waals surface area contributed by atoms with Crippen molar-refractivity contribution in [1.82, 2.24) is 0 Å². The van der Waals surface area contributed by atoms with Crippen LogP contribution in [-0.2, 0) is 6.42 Å². The first kappa shape index (κ1) is 9.78. The highest BCUT2D eigenvalue weighted by Gasteiger charge is 2.00. The number of oxime groups is 1. The van der Waals surface area contributed by atoms with E-state index in [1.807, 2.05) is 6.92 Å². The van der Waals surface area contributed by atoms with Crippen molar-refractivity contribution < 1.29 is 5.21 Å². The van der Waals surface area contributed by atoms with Gasteiger partial charge in [0.05, 0.1) is 5.71 Å². The van der Waals surface area contributed by atoms with Crippen molar-refractivity contribution in [3.63, 3.8) is 0 Å². The van der Waals surface area contributed by atoms with Crippen LogP contribution in [0.3, 0.4) is 0 Å². The highest BCUT2D eigenvalue weighted by Crippen LogP contribution is 2.11. The third-order valence-electron chi connectivity index (χ3n) is 2.12. The Labute approximate surface area is 78.9 Å². The number of hydrogen-bond donors (Lipinski definition) is 1. The molecule has 0 aliphatic carbocycles. The van der Waals surface area contributed by atoms with E-state index in [9.17, 15) is 0 Å². The average molecular weight is 177 g/mol. The summed E-state index contributed by atoms with van der Waals surface area (Å²) in [6.07, 6.45) is 0.725. The quantitative estimate of drug-likeness (QED) is 0.420. The van der Waals surface area contributed by atoms with E-state index in [1.165, 1.54) is 16.7 Å². The van der Waals surface area contributed by atoms with E-state index in [0.717, 1.165) is 12.1 Å². The zero-order valence-corrected chi connectivity index (χ0v) is 8.33. The molecular formula is C11H15NO. The first-order valence-corrected chi connectivity index (χ1v) is 4.37. The van der Waals surface area contributed by atoms with E-state index in [0.29, 0.717) is 0 Å². The average Bonchev–Trinajstić information content (AvgIpc) is 2.09. The standard InChI is InChI=1S/C11H15NO/c1-8-4-5-11(9(2)6-8)7-10(3)12-13/h4-6,13H,7H2,1-3H3/b12-10+. The Morgan fingerprint density at radius 2 is 2.08 bits per heavy atom. The molecule has 0 amide bonds. The minimum absolute atomic E-state index is 0.725. The van der Waals surface area contributed by atoms with Gasteiger partial charge in [0.15, 0.2) is 0 Å². The van der Waals surface area contributed by atoms with Crippen LogP contribution in [-0.4, -0.2) is 10.9 Å². The molecule has 1 aromatic carbocycles. The Morgan fingerprint density at radius 3 is 2.62 bits per heavy atom. The molecule has 1 rings (SSSR count). The lowest BCUT2D eigenvalue weighted by atomic mass is 10.0. The summed E-state index contributed by atoms with van der Waals surface area (Å²) in [5, 5.41) is 11.7. The van der Waals surface area contributed by atoms with Gasteiger partial charge in [0.25, 0.3) is 0 Å². The van der Waals surface area contributed by atoms with Crippen molar-refractivity contribution in [3.8, 4) is 0 Å². The number of hydrogen-bond acceptors (Lipinski definition) is 2. The van der Waals surface area contributed by atoms with Gasteiger partial charge in [-0.1, -0.05) is 28.9 Å². The smallest absolute Gasteiger partial charge is 0.0583 e. The minimum Gasteiger partial charge on any atom is -0.411 e. The SMILES string of the molecule is C/C(Cc1ccc(C)cc1C)=N\O. The monoisotopic (exact) mass is 177 g/mol. The van der Waals surface area contributed by atoms with Crippen LogP contribution in [0.5, 0.6) is 0 Å². The molecule has 0 spiro atoms. The van der Waals surface area contributed by atoms with E-state index in [2.05, 4.69) is 37.2 Å². The van der Waals surface area contributed by atoms with Crippen molar-refractivity contribution in [2.75, 3.05) is 0 Å². The lowest BCUT2D eigenvalue weighted by Crippen LogP contribution is -1.99. The summed E-state index contributed by atoms with van der Waals surface area (Å²) in [5.41, 5.74) is 4.48. The van der Waals surface area contributed by atoms with Crippen LogP contribution in [0.25, 0.3) is 0 Å². The van der Waals surface area contributed by atoms with Crippen molar-refractivity contribution in [1.29, 1.82) is 0 Å². The van der Waals surface area contributed by atoms with Gasteiger partial charge in [0, 0.05) is 6.42 Å². The Morgan fingerprint density at radius 1 is 1.38 bits per heavy atom. The molecule has 2 heteroatoms. The second-order valence-corrected chi connectivity index (χ2v) is 3.44. The topological polar surface area (TPSA) is 32.6 Å². The molecule has 0 unspecified atom stereocenters. The first-order valence-electron chi connectivity index (χ1n) is 4.37. The predicted molar refractivity (Wildman–Crippen MR) is 54.5 cm³/mol. The number of rotatable bonds is 2. The summed E-state index contributed by atoms with van der Waals surface area (Å²) in [6.45, 7) is 5.97. The summed E-state index contributed by atoms with van der Waals surface area (Å²) < 4.78 is 0. The van der Waals surface area contributed by atoms with Gasteiger partial charge in [-0.05, 0) is 31.9 Å². The largest absolute Gasteiger partial charge is 0.411 e. The summed E-state index contributed by atoms with van der Waals surface area (Å²) in [6, 6.07) is 6.30. The zero-order valence-electron chi connectivity index (χ0n) is 8.33. The van der Waals surface area contributed by atoms with Crippen molar-refractivity contribution in [2.45, 2.75) is 27.2 Å². The van der Waals surface area contributed by atoms with Gasteiger partial charge in [0.2, 0.25) is 0 Å². The molecule has 0 radical (unpaired) electrons. The molecule has 0 aliphatic heterocycles. The van der Waals surface area contributed by atoms with Crippen molar-refractivity contribution in [2.24, 2.45) is 5.16 Å². The summed E-state index contributed by atoms with van der Waals surface area (Å²) in [7, 11) is 0. The maximum Gasteiger partial charge on any atom is 0.0583 e. The Balaban J connectivity index is 2.90. The van der Waals surface area contributed by atoms with Gasteiger partial charge in [0.1, 0.15) is 0 Å². The third-order valence-corrected chi connectivity index (χ3v) is 2.12. The van der Waals surface area contributed by atoms with Crippen molar-refractivity contribution >= 4 is 5.71 Å². The molecule has 2 nitrogen and oxygen atoms in total. The Hall–Kier alpha value is -1.31. The fourth-order valence-electron chi connectivity index (χ4n) is 1.36. The van der Waals surface area contributed by atoms with E-state index < -0.39 is 0 Å². The van der Waals surface area contributed by atoms with Crippen LogP contribution >= 0.6 is 0 Å². The van der Waals surface area contributed by atoms with Crippen LogP contribution < -0.4 is 0 Å². The molecule has 0 saturated carbocycles. The summed E-state index contributed by atoms with van der Waals surface area (Å²) >= 11 is 0. The zero-order chi connectivity index (χ0) is 9.84. The molecule has 0 heterocycles. The maximum atomic E-state index is 8.53. The number of aryl methyl sites for hydroxylation is 2. The maximum absolute atomic E-state index is 8.53. The van der Waals surface area contributed by atoms with Crippen LogP contribution in [0.1, 0.15) is 23.6 Å². The summed E-state index contributed by atoms with van der Waals surface area (Å²) in [4.78, 5) is 0. The molecule has 0 aromatic heterocycles. The first-order chi connectivity index (χ1) is 6.13. The Bertz CT molecular complexity index is 329. The molecule has 0 saturated heterocycles. The number of benzene rings is 1.